The maximum atomic E-state index is 12.2. The summed E-state index contributed by atoms with van der Waals surface area (Å²) in [6.07, 6.45) is 3.34. The fourth-order valence-electron chi connectivity index (χ4n) is 4.16. The smallest absolute Gasteiger partial charge is 0.230 e. The molecule has 2 fully saturated rings. The number of carbonyl (C=O) groups excluding carboxylic acids is 2. The van der Waals surface area contributed by atoms with Crippen molar-refractivity contribution in [2.75, 3.05) is 6.26 Å². The van der Waals surface area contributed by atoms with Crippen molar-refractivity contribution in [3.05, 3.63) is 0 Å². The largest absolute Gasteiger partial charge is 0.296 e. The van der Waals surface area contributed by atoms with Gasteiger partial charge in [-0.15, -0.1) is 0 Å². The molecule has 1 saturated carbocycles. The topological polar surface area (TPSA) is 80.3 Å². The van der Waals surface area contributed by atoms with E-state index in [2.05, 4.69) is 5.32 Å². The second-order valence-corrected chi connectivity index (χ2v) is 8.48. The van der Waals surface area contributed by atoms with Crippen molar-refractivity contribution in [2.45, 2.75) is 44.8 Å². The summed E-state index contributed by atoms with van der Waals surface area (Å²) in [6, 6.07) is 0. The summed E-state index contributed by atoms with van der Waals surface area (Å²) in [6.45, 7) is 3.83. The Labute approximate surface area is 114 Å². The van der Waals surface area contributed by atoms with Crippen molar-refractivity contribution in [1.29, 1.82) is 0 Å². The zero-order valence-corrected chi connectivity index (χ0v) is 12.4. The SMILES string of the molecule is CC(C)C1C(=O)NC(=O)CC12CCCC2S(C)(=O)=O. The van der Waals surface area contributed by atoms with Gasteiger partial charge in [-0.25, -0.2) is 8.42 Å². The van der Waals surface area contributed by atoms with Crippen LogP contribution in [0.4, 0.5) is 0 Å². The number of hydrogen-bond donors (Lipinski definition) is 1. The molecule has 1 spiro atoms. The summed E-state index contributed by atoms with van der Waals surface area (Å²) >= 11 is 0. The van der Waals surface area contributed by atoms with Gasteiger partial charge in [0, 0.05) is 24.0 Å². The van der Waals surface area contributed by atoms with E-state index in [1.165, 1.54) is 6.26 Å². The third-order valence-corrected chi connectivity index (χ3v) is 6.33. The summed E-state index contributed by atoms with van der Waals surface area (Å²) in [5.74, 6) is -1.01. The average molecular weight is 287 g/mol. The third kappa shape index (κ3) is 2.30. The fraction of sp³-hybridized carbons (Fsp3) is 0.846. The number of imide groups is 1. The number of amides is 2. The molecule has 5 nitrogen and oxygen atoms in total. The van der Waals surface area contributed by atoms with Gasteiger partial charge in [-0.05, 0) is 18.8 Å². The third-order valence-electron chi connectivity index (χ3n) is 4.59. The first-order chi connectivity index (χ1) is 8.68. The molecule has 0 aromatic rings. The summed E-state index contributed by atoms with van der Waals surface area (Å²) < 4.78 is 24.1. The van der Waals surface area contributed by atoms with Gasteiger partial charge in [0.25, 0.3) is 0 Å². The molecule has 0 aromatic heterocycles. The van der Waals surface area contributed by atoms with Crippen molar-refractivity contribution in [3.8, 4) is 0 Å². The lowest BCUT2D eigenvalue weighted by Gasteiger charge is -2.45. The number of piperidine rings is 1. The molecule has 1 N–H and O–H groups in total. The predicted octanol–water partition coefficient (Wildman–Crippen LogP) is 0.889. The average Bonchev–Trinajstić information content (AvgIpc) is 2.58. The van der Waals surface area contributed by atoms with E-state index in [1.807, 2.05) is 13.8 Å². The molecule has 1 heterocycles. The number of nitrogens with one attached hydrogen (secondary N) is 1. The Kier molecular flexibility index (Phi) is 3.49. The zero-order chi connectivity index (χ0) is 14.4. The highest BCUT2D eigenvalue weighted by molar-refractivity contribution is 7.91. The maximum Gasteiger partial charge on any atom is 0.230 e. The van der Waals surface area contributed by atoms with Crippen LogP contribution < -0.4 is 5.32 Å². The molecule has 1 saturated heterocycles. The molecule has 1 aliphatic heterocycles. The lowest BCUT2D eigenvalue weighted by Crippen LogP contribution is -2.57. The number of sulfone groups is 1. The van der Waals surface area contributed by atoms with Gasteiger partial charge in [-0.1, -0.05) is 20.3 Å². The number of hydrogen-bond acceptors (Lipinski definition) is 4. The van der Waals surface area contributed by atoms with Crippen LogP contribution in [0, 0.1) is 17.3 Å². The predicted molar refractivity (Wildman–Crippen MR) is 71.0 cm³/mol. The molecule has 0 bridgehead atoms. The van der Waals surface area contributed by atoms with Gasteiger partial charge >= 0.3 is 0 Å². The zero-order valence-electron chi connectivity index (χ0n) is 11.6. The minimum Gasteiger partial charge on any atom is -0.296 e. The maximum absolute atomic E-state index is 12.2. The molecule has 1 aliphatic carbocycles. The van der Waals surface area contributed by atoms with Gasteiger partial charge in [0.2, 0.25) is 11.8 Å². The van der Waals surface area contributed by atoms with Crippen LogP contribution in [0.3, 0.4) is 0 Å². The summed E-state index contributed by atoms with van der Waals surface area (Å²) in [5.41, 5.74) is -0.693. The molecule has 3 atom stereocenters. The molecule has 108 valence electrons. The minimum atomic E-state index is -3.26. The van der Waals surface area contributed by atoms with Gasteiger partial charge in [-0.3, -0.25) is 14.9 Å². The lowest BCUT2D eigenvalue weighted by molar-refractivity contribution is -0.145. The highest BCUT2D eigenvalue weighted by Gasteiger charge is 2.58. The van der Waals surface area contributed by atoms with E-state index < -0.39 is 26.4 Å². The van der Waals surface area contributed by atoms with Crippen LogP contribution >= 0.6 is 0 Å². The molecule has 6 heteroatoms. The van der Waals surface area contributed by atoms with Crippen molar-refractivity contribution >= 4 is 21.7 Å². The highest BCUT2D eigenvalue weighted by atomic mass is 32.2. The van der Waals surface area contributed by atoms with Gasteiger partial charge in [0.1, 0.15) is 0 Å². The van der Waals surface area contributed by atoms with Crippen LogP contribution in [0.1, 0.15) is 39.5 Å². The van der Waals surface area contributed by atoms with Crippen LogP contribution in [-0.4, -0.2) is 31.7 Å². The Hall–Kier alpha value is -0.910. The monoisotopic (exact) mass is 287 g/mol. The van der Waals surface area contributed by atoms with E-state index in [9.17, 15) is 18.0 Å². The van der Waals surface area contributed by atoms with E-state index in [0.29, 0.717) is 12.8 Å². The minimum absolute atomic E-state index is 0.0236. The second kappa shape index (κ2) is 4.58. The van der Waals surface area contributed by atoms with Gasteiger partial charge < -0.3 is 0 Å². The van der Waals surface area contributed by atoms with Gasteiger partial charge in [0.05, 0.1) is 5.25 Å². The van der Waals surface area contributed by atoms with E-state index in [0.717, 1.165) is 6.42 Å². The summed E-state index contributed by atoms with van der Waals surface area (Å²) in [4.78, 5) is 23.9. The van der Waals surface area contributed by atoms with Crippen molar-refractivity contribution in [3.63, 3.8) is 0 Å². The molecule has 0 aromatic carbocycles. The second-order valence-electron chi connectivity index (χ2n) is 6.25. The van der Waals surface area contributed by atoms with E-state index in [1.54, 1.807) is 0 Å². The number of rotatable bonds is 2. The summed E-state index contributed by atoms with van der Waals surface area (Å²) in [7, 11) is -3.26. The lowest BCUT2D eigenvalue weighted by atomic mass is 9.64. The molecule has 2 amide bonds. The van der Waals surface area contributed by atoms with E-state index in [-0.39, 0.29) is 24.2 Å². The van der Waals surface area contributed by atoms with Crippen LogP contribution in [0.25, 0.3) is 0 Å². The fourth-order valence-corrected chi connectivity index (χ4v) is 5.95. The molecular weight excluding hydrogens is 266 g/mol. The normalized spacial score (nSPS) is 36.0. The van der Waals surface area contributed by atoms with Crippen LogP contribution in [0.2, 0.25) is 0 Å². The standard InChI is InChI=1S/C13H21NO4S/c1-8(2)11-12(16)14-10(15)7-13(11)6-4-5-9(13)19(3,17)18/h8-9,11H,4-7H2,1-3H3,(H,14,15,16). The van der Waals surface area contributed by atoms with Crippen molar-refractivity contribution in [1.82, 2.24) is 5.32 Å². The first kappa shape index (κ1) is 14.5. The van der Waals surface area contributed by atoms with Gasteiger partial charge in [-0.2, -0.15) is 0 Å². The van der Waals surface area contributed by atoms with E-state index in [4.69, 9.17) is 0 Å². The van der Waals surface area contributed by atoms with Crippen LogP contribution in [0.15, 0.2) is 0 Å². The molecule has 3 unspecified atom stereocenters. The first-order valence-electron chi connectivity index (χ1n) is 6.71. The van der Waals surface area contributed by atoms with Crippen molar-refractivity contribution < 1.29 is 18.0 Å². The van der Waals surface area contributed by atoms with Gasteiger partial charge in [0.15, 0.2) is 9.84 Å². The Morgan fingerprint density at radius 2 is 1.95 bits per heavy atom. The molecule has 0 radical (unpaired) electrons. The van der Waals surface area contributed by atoms with Crippen molar-refractivity contribution in [2.24, 2.45) is 17.3 Å². The Balaban J connectivity index is 2.52. The molecule has 2 aliphatic rings. The molecular formula is C13H21NO4S. The number of carbonyl (C=O) groups is 2. The summed E-state index contributed by atoms with van der Waals surface area (Å²) in [5, 5.41) is 1.79. The molecule has 19 heavy (non-hydrogen) atoms. The highest BCUT2D eigenvalue weighted by Crippen LogP contribution is 2.53. The van der Waals surface area contributed by atoms with Crippen LogP contribution in [0.5, 0.6) is 0 Å². The Bertz CT molecular complexity index is 511. The Morgan fingerprint density at radius 1 is 1.32 bits per heavy atom. The quantitative estimate of drug-likeness (QED) is 0.765. The van der Waals surface area contributed by atoms with Crippen LogP contribution in [-0.2, 0) is 19.4 Å². The Morgan fingerprint density at radius 3 is 2.47 bits per heavy atom. The van der Waals surface area contributed by atoms with E-state index >= 15 is 0 Å². The first-order valence-corrected chi connectivity index (χ1v) is 8.66. The molecule has 2 rings (SSSR count).